The molecule has 0 saturated carbocycles. The first kappa shape index (κ1) is 16.6. The van der Waals surface area contributed by atoms with Crippen LogP contribution in [0.3, 0.4) is 0 Å². The van der Waals surface area contributed by atoms with Gasteiger partial charge in [-0.2, -0.15) is 0 Å². The number of hydrogen-bond acceptors (Lipinski definition) is 4. The summed E-state index contributed by atoms with van der Waals surface area (Å²) in [6.45, 7) is 5.51. The number of ketones is 1. The van der Waals surface area contributed by atoms with E-state index < -0.39 is 6.09 Å². The van der Waals surface area contributed by atoms with Crippen molar-refractivity contribution in [2.24, 2.45) is 0 Å². The van der Waals surface area contributed by atoms with Crippen molar-refractivity contribution in [2.75, 3.05) is 7.11 Å². The van der Waals surface area contributed by atoms with Crippen molar-refractivity contribution in [3.63, 3.8) is 0 Å². The molecule has 1 aromatic rings. The summed E-state index contributed by atoms with van der Waals surface area (Å²) in [5.74, 6) is 0.0537. The molecular formula is C13H21NO3S. The van der Waals surface area contributed by atoms with Crippen LogP contribution in [0.1, 0.15) is 32.1 Å². The number of nitrogens with one attached hydrogen (secondary N) is 1. The Morgan fingerprint density at radius 1 is 1.44 bits per heavy atom. The molecule has 1 amide bonds. The van der Waals surface area contributed by atoms with Crippen LogP contribution in [0, 0.1) is 0 Å². The van der Waals surface area contributed by atoms with Gasteiger partial charge in [-0.1, -0.05) is 19.9 Å². The molecule has 0 aliphatic carbocycles. The second-order valence-electron chi connectivity index (χ2n) is 3.52. The lowest BCUT2D eigenvalue weighted by atomic mass is 10.1. The van der Waals surface area contributed by atoms with Gasteiger partial charge >= 0.3 is 6.09 Å². The van der Waals surface area contributed by atoms with E-state index in [9.17, 15) is 9.59 Å². The Kier molecular flexibility index (Phi) is 8.92. The molecule has 0 fully saturated rings. The first-order valence-electron chi connectivity index (χ1n) is 5.98. The minimum atomic E-state index is -0.497. The van der Waals surface area contributed by atoms with Crippen LogP contribution in [0.15, 0.2) is 17.5 Å². The van der Waals surface area contributed by atoms with Crippen LogP contribution in [0.2, 0.25) is 0 Å². The fourth-order valence-electron chi connectivity index (χ4n) is 1.42. The van der Waals surface area contributed by atoms with Crippen LogP contribution in [-0.4, -0.2) is 25.0 Å². The van der Waals surface area contributed by atoms with Gasteiger partial charge in [-0.3, -0.25) is 4.79 Å². The van der Waals surface area contributed by atoms with E-state index in [1.165, 1.54) is 14.0 Å². The molecule has 0 radical (unpaired) electrons. The van der Waals surface area contributed by atoms with Crippen LogP contribution >= 0.6 is 11.3 Å². The largest absolute Gasteiger partial charge is 0.453 e. The summed E-state index contributed by atoms with van der Waals surface area (Å²) in [5.41, 5.74) is 0. The quantitative estimate of drug-likeness (QED) is 0.895. The van der Waals surface area contributed by atoms with Crippen molar-refractivity contribution in [1.82, 2.24) is 5.32 Å². The molecule has 102 valence electrons. The molecule has 1 heterocycles. The topological polar surface area (TPSA) is 55.4 Å². The highest BCUT2D eigenvalue weighted by molar-refractivity contribution is 7.09. The summed E-state index contributed by atoms with van der Waals surface area (Å²) in [6, 6.07) is 3.74. The van der Waals surface area contributed by atoms with E-state index in [0.717, 1.165) is 4.88 Å². The minimum absolute atomic E-state index is 0.0537. The third-order valence-electron chi connectivity index (χ3n) is 2.07. The number of rotatable bonds is 5. The van der Waals surface area contributed by atoms with Crippen molar-refractivity contribution in [3.05, 3.63) is 22.4 Å². The highest BCUT2D eigenvalue weighted by Crippen LogP contribution is 2.13. The monoisotopic (exact) mass is 271 g/mol. The van der Waals surface area contributed by atoms with Crippen LogP contribution in [0.25, 0.3) is 0 Å². The third-order valence-corrected chi connectivity index (χ3v) is 2.97. The van der Waals surface area contributed by atoms with E-state index in [0.29, 0.717) is 12.8 Å². The summed E-state index contributed by atoms with van der Waals surface area (Å²) < 4.78 is 4.52. The zero-order chi connectivity index (χ0) is 14.0. The Labute approximate surface area is 112 Å². The number of hydrogen-bond donors (Lipinski definition) is 1. The van der Waals surface area contributed by atoms with E-state index in [-0.39, 0.29) is 11.8 Å². The second-order valence-corrected chi connectivity index (χ2v) is 4.55. The number of methoxy groups -OCH3 is 1. The van der Waals surface area contributed by atoms with Gasteiger partial charge in [0.05, 0.1) is 7.11 Å². The highest BCUT2D eigenvalue weighted by atomic mass is 32.1. The van der Waals surface area contributed by atoms with Crippen molar-refractivity contribution in [3.8, 4) is 0 Å². The molecule has 0 spiro atoms. The number of ether oxygens (including phenoxy) is 1. The Hall–Kier alpha value is -1.36. The van der Waals surface area contributed by atoms with Crippen LogP contribution < -0.4 is 5.32 Å². The third kappa shape index (κ3) is 7.06. The average molecular weight is 271 g/mol. The smallest absolute Gasteiger partial charge is 0.407 e. The summed E-state index contributed by atoms with van der Waals surface area (Å²) in [7, 11) is 1.31. The molecule has 18 heavy (non-hydrogen) atoms. The van der Waals surface area contributed by atoms with Gasteiger partial charge in [-0.25, -0.2) is 4.79 Å². The zero-order valence-electron chi connectivity index (χ0n) is 11.4. The second kappa shape index (κ2) is 9.65. The Bertz CT molecular complexity index is 349. The van der Waals surface area contributed by atoms with Crippen molar-refractivity contribution in [1.29, 1.82) is 0 Å². The normalized spacial score (nSPS) is 10.9. The lowest BCUT2D eigenvalue weighted by Crippen LogP contribution is -2.37. The maximum Gasteiger partial charge on any atom is 0.407 e. The highest BCUT2D eigenvalue weighted by Gasteiger charge is 2.15. The van der Waals surface area contributed by atoms with Crippen molar-refractivity contribution < 1.29 is 14.3 Å². The summed E-state index contributed by atoms with van der Waals surface area (Å²) >= 11 is 1.61. The molecule has 0 bridgehead atoms. The summed E-state index contributed by atoms with van der Waals surface area (Å²) in [4.78, 5) is 23.3. The standard InChI is InChI=1S/C11H15NO3S.C2H6/c1-8(13)6-9(12-11(14)15-2)7-10-4-3-5-16-10;1-2/h3-5,9H,6-7H2,1-2H3,(H,12,14);1-2H3. The molecule has 0 saturated heterocycles. The molecule has 1 unspecified atom stereocenters. The molecular weight excluding hydrogens is 250 g/mol. The molecule has 1 aromatic heterocycles. The van der Waals surface area contributed by atoms with E-state index in [1.807, 2.05) is 31.4 Å². The lowest BCUT2D eigenvalue weighted by Gasteiger charge is -2.15. The van der Waals surface area contributed by atoms with Gasteiger partial charge in [0, 0.05) is 23.8 Å². The molecule has 1 rings (SSSR count). The van der Waals surface area contributed by atoms with E-state index >= 15 is 0 Å². The first-order chi connectivity index (χ1) is 8.61. The van der Waals surface area contributed by atoms with Crippen molar-refractivity contribution in [2.45, 2.75) is 39.7 Å². The predicted molar refractivity (Wildman–Crippen MR) is 74.0 cm³/mol. The zero-order valence-corrected chi connectivity index (χ0v) is 12.2. The maximum absolute atomic E-state index is 11.1. The molecule has 0 aliphatic rings. The maximum atomic E-state index is 11.1. The minimum Gasteiger partial charge on any atom is -0.453 e. The number of alkyl carbamates (subject to hydrolysis) is 1. The van der Waals surface area contributed by atoms with Gasteiger partial charge in [-0.05, 0) is 18.4 Å². The molecule has 1 N–H and O–H groups in total. The van der Waals surface area contributed by atoms with E-state index in [2.05, 4.69) is 10.1 Å². The van der Waals surface area contributed by atoms with E-state index in [1.54, 1.807) is 11.3 Å². The summed E-state index contributed by atoms with van der Waals surface area (Å²) in [5, 5.41) is 4.63. The Morgan fingerprint density at radius 3 is 2.56 bits per heavy atom. The molecule has 0 aromatic carbocycles. The van der Waals surface area contributed by atoms with Gasteiger partial charge < -0.3 is 10.1 Å². The predicted octanol–water partition coefficient (Wildman–Crippen LogP) is 3.02. The number of Topliss-reactive ketones (excluding diaryl/α,β-unsaturated/α-hetero) is 1. The van der Waals surface area contributed by atoms with Gasteiger partial charge in [0.25, 0.3) is 0 Å². The van der Waals surface area contributed by atoms with Gasteiger partial charge in [-0.15, -0.1) is 11.3 Å². The Morgan fingerprint density at radius 2 is 2.11 bits per heavy atom. The van der Waals surface area contributed by atoms with Gasteiger partial charge in [0.15, 0.2) is 0 Å². The van der Waals surface area contributed by atoms with Crippen LogP contribution in [-0.2, 0) is 16.0 Å². The molecule has 0 aliphatic heterocycles. The van der Waals surface area contributed by atoms with Gasteiger partial charge in [0.2, 0.25) is 0 Å². The number of thiophene rings is 1. The fraction of sp³-hybridized carbons (Fsp3) is 0.538. The number of amides is 1. The van der Waals surface area contributed by atoms with Crippen LogP contribution in [0.5, 0.6) is 0 Å². The van der Waals surface area contributed by atoms with E-state index in [4.69, 9.17) is 0 Å². The van der Waals surface area contributed by atoms with Crippen molar-refractivity contribution >= 4 is 23.2 Å². The van der Waals surface area contributed by atoms with Gasteiger partial charge in [0.1, 0.15) is 5.78 Å². The Balaban J connectivity index is 0.00000137. The SMILES string of the molecule is CC.COC(=O)NC(CC(C)=O)Cc1cccs1. The first-order valence-corrected chi connectivity index (χ1v) is 6.86. The summed E-state index contributed by atoms with van der Waals surface area (Å²) in [6.07, 6.45) is 0.488. The number of carbonyl (C=O) groups excluding carboxylic acids is 2. The lowest BCUT2D eigenvalue weighted by molar-refractivity contribution is -0.117. The molecule has 1 atom stereocenters. The molecule has 5 heteroatoms. The molecule has 4 nitrogen and oxygen atoms in total. The average Bonchev–Trinajstić information content (AvgIpc) is 2.83. The van der Waals surface area contributed by atoms with Crippen LogP contribution in [0.4, 0.5) is 4.79 Å². The fourth-order valence-corrected chi connectivity index (χ4v) is 2.20. The number of carbonyl (C=O) groups is 2.